The number of benzene rings is 1. The molecule has 3 rings (SSSR count). The van der Waals surface area contributed by atoms with Gasteiger partial charge in [-0.2, -0.15) is 0 Å². The molecule has 168 valence electrons. The summed E-state index contributed by atoms with van der Waals surface area (Å²) in [5.41, 5.74) is 6.05. The molecule has 0 radical (unpaired) electrons. The summed E-state index contributed by atoms with van der Waals surface area (Å²) in [6.45, 7) is 2.44. The van der Waals surface area contributed by atoms with Crippen LogP contribution in [0.5, 0.6) is 0 Å². The number of H-pyrrole nitrogens is 1. The van der Waals surface area contributed by atoms with E-state index in [1.807, 2.05) is 56.3 Å². The van der Waals surface area contributed by atoms with Gasteiger partial charge in [0.05, 0.1) is 12.1 Å². The van der Waals surface area contributed by atoms with Crippen LogP contribution in [0.3, 0.4) is 0 Å². The molecule has 0 saturated carbocycles. The predicted octanol–water partition coefficient (Wildman–Crippen LogP) is 2.23. The summed E-state index contributed by atoms with van der Waals surface area (Å²) < 4.78 is 1.30. The van der Waals surface area contributed by atoms with Crippen molar-refractivity contribution >= 4 is 23.2 Å². The Labute approximate surface area is 186 Å². The number of pyridine rings is 1. The van der Waals surface area contributed by atoms with Crippen LogP contribution >= 0.6 is 0 Å². The number of amides is 1. The van der Waals surface area contributed by atoms with Crippen LogP contribution in [0.4, 0.5) is 17.3 Å². The summed E-state index contributed by atoms with van der Waals surface area (Å²) in [5, 5.41) is 0. The summed E-state index contributed by atoms with van der Waals surface area (Å²) in [4.78, 5) is 48.4. The molecule has 2 heterocycles. The molecule has 0 aliphatic carbocycles. The van der Waals surface area contributed by atoms with Crippen LogP contribution in [0, 0.1) is 0 Å². The summed E-state index contributed by atoms with van der Waals surface area (Å²) in [6, 6.07) is 12.6. The monoisotopic (exact) mass is 436 g/mol. The fourth-order valence-corrected chi connectivity index (χ4v) is 3.33. The standard InChI is InChI=1S/C23H28N6O3/c1-4-5-13-28-20(24)19(21(30)26-23(28)32)29(15-16-9-7-6-8-10-16)22(31)17-11-12-18(25-14-17)27(2)3/h6-12,14H,4-5,13,15,24H2,1-3H3,(H,26,30,32). The number of aromatic amines is 1. The van der Waals surface area contributed by atoms with E-state index in [1.165, 1.54) is 15.7 Å². The quantitative estimate of drug-likeness (QED) is 0.559. The summed E-state index contributed by atoms with van der Waals surface area (Å²) >= 11 is 0. The second kappa shape index (κ2) is 9.95. The molecule has 32 heavy (non-hydrogen) atoms. The van der Waals surface area contributed by atoms with Gasteiger partial charge in [-0.05, 0) is 24.1 Å². The molecule has 0 unspecified atom stereocenters. The Morgan fingerprint density at radius 3 is 2.44 bits per heavy atom. The van der Waals surface area contributed by atoms with Gasteiger partial charge in [-0.25, -0.2) is 9.78 Å². The number of nitrogens with one attached hydrogen (secondary N) is 1. The Bertz CT molecular complexity index is 1180. The van der Waals surface area contributed by atoms with E-state index in [0.717, 1.165) is 12.0 Å². The van der Waals surface area contributed by atoms with E-state index in [2.05, 4.69) is 9.97 Å². The molecule has 3 aromatic rings. The number of unbranched alkanes of at least 4 members (excludes halogenated alkanes) is 1. The van der Waals surface area contributed by atoms with Crippen molar-refractivity contribution in [2.45, 2.75) is 32.9 Å². The molecule has 0 saturated heterocycles. The number of nitrogens with two attached hydrogens (primary N) is 1. The first-order valence-corrected chi connectivity index (χ1v) is 10.4. The highest BCUT2D eigenvalue weighted by Crippen LogP contribution is 2.22. The lowest BCUT2D eigenvalue weighted by Gasteiger charge is -2.25. The molecule has 3 N–H and O–H groups in total. The van der Waals surface area contributed by atoms with Crippen molar-refractivity contribution in [2.75, 3.05) is 29.6 Å². The highest BCUT2D eigenvalue weighted by Gasteiger charge is 2.26. The number of hydrogen-bond acceptors (Lipinski definition) is 6. The summed E-state index contributed by atoms with van der Waals surface area (Å²) in [5.74, 6) is 0.223. The number of carbonyl (C=O) groups excluding carboxylic acids is 1. The molecule has 9 heteroatoms. The van der Waals surface area contributed by atoms with Gasteiger partial charge in [0.2, 0.25) is 0 Å². The first-order chi connectivity index (χ1) is 15.3. The van der Waals surface area contributed by atoms with Crippen LogP contribution in [0.2, 0.25) is 0 Å². The van der Waals surface area contributed by atoms with Crippen molar-refractivity contribution in [2.24, 2.45) is 0 Å². The van der Waals surface area contributed by atoms with Gasteiger partial charge in [0.1, 0.15) is 11.6 Å². The molecule has 1 aromatic carbocycles. The SMILES string of the molecule is CCCCn1c(N)c(N(Cc2ccccc2)C(=O)c2ccc(N(C)C)nc2)c(=O)[nH]c1=O. The second-order valence-electron chi connectivity index (χ2n) is 7.67. The zero-order valence-electron chi connectivity index (χ0n) is 18.5. The minimum absolute atomic E-state index is 0.0330. The fraction of sp³-hybridized carbons (Fsp3) is 0.304. The Kier molecular flexibility index (Phi) is 7.09. The average molecular weight is 437 g/mol. The molecule has 0 spiro atoms. The summed E-state index contributed by atoms with van der Waals surface area (Å²) in [6.07, 6.45) is 3.02. The van der Waals surface area contributed by atoms with Crippen LogP contribution in [0.1, 0.15) is 35.7 Å². The molecule has 0 aliphatic heterocycles. The van der Waals surface area contributed by atoms with E-state index in [-0.39, 0.29) is 18.1 Å². The first-order valence-electron chi connectivity index (χ1n) is 10.4. The second-order valence-corrected chi connectivity index (χ2v) is 7.67. The number of aromatic nitrogens is 3. The minimum Gasteiger partial charge on any atom is -0.383 e. The van der Waals surface area contributed by atoms with Crippen LogP contribution < -0.4 is 26.8 Å². The van der Waals surface area contributed by atoms with E-state index < -0.39 is 17.2 Å². The van der Waals surface area contributed by atoms with E-state index in [4.69, 9.17) is 5.73 Å². The number of rotatable bonds is 8. The maximum Gasteiger partial charge on any atom is 0.330 e. The molecule has 0 bridgehead atoms. The molecular formula is C23H28N6O3. The van der Waals surface area contributed by atoms with Gasteiger partial charge in [-0.1, -0.05) is 43.7 Å². The molecule has 0 atom stereocenters. The molecule has 0 aliphatic rings. The lowest BCUT2D eigenvalue weighted by atomic mass is 10.1. The van der Waals surface area contributed by atoms with Crippen molar-refractivity contribution in [3.8, 4) is 0 Å². The van der Waals surface area contributed by atoms with Crippen LogP contribution in [-0.2, 0) is 13.1 Å². The topological polar surface area (TPSA) is 117 Å². The third kappa shape index (κ3) is 4.88. The van der Waals surface area contributed by atoms with Crippen molar-refractivity contribution in [3.63, 3.8) is 0 Å². The molecule has 1 amide bonds. The molecule has 0 fully saturated rings. The van der Waals surface area contributed by atoms with Gasteiger partial charge in [0.25, 0.3) is 11.5 Å². The van der Waals surface area contributed by atoms with Gasteiger partial charge in [-0.3, -0.25) is 24.0 Å². The van der Waals surface area contributed by atoms with Crippen molar-refractivity contribution in [3.05, 3.63) is 80.6 Å². The number of anilines is 3. The molecule has 9 nitrogen and oxygen atoms in total. The third-order valence-electron chi connectivity index (χ3n) is 5.10. The molecule has 2 aromatic heterocycles. The lowest BCUT2D eigenvalue weighted by molar-refractivity contribution is 0.0984. The zero-order valence-corrected chi connectivity index (χ0v) is 18.5. The maximum absolute atomic E-state index is 13.5. The van der Waals surface area contributed by atoms with Crippen molar-refractivity contribution < 1.29 is 4.79 Å². The van der Waals surface area contributed by atoms with E-state index >= 15 is 0 Å². The van der Waals surface area contributed by atoms with E-state index in [0.29, 0.717) is 24.3 Å². The van der Waals surface area contributed by atoms with Gasteiger partial charge in [0, 0.05) is 26.8 Å². The van der Waals surface area contributed by atoms with E-state index in [9.17, 15) is 14.4 Å². The predicted molar refractivity (Wildman–Crippen MR) is 126 cm³/mol. The van der Waals surface area contributed by atoms with Crippen molar-refractivity contribution in [1.29, 1.82) is 0 Å². The lowest BCUT2D eigenvalue weighted by Crippen LogP contribution is -2.41. The third-order valence-corrected chi connectivity index (χ3v) is 5.10. The number of carbonyl (C=O) groups is 1. The maximum atomic E-state index is 13.5. The largest absolute Gasteiger partial charge is 0.383 e. The number of hydrogen-bond donors (Lipinski definition) is 2. The summed E-state index contributed by atoms with van der Waals surface area (Å²) in [7, 11) is 3.70. The highest BCUT2D eigenvalue weighted by atomic mass is 16.2. The number of nitrogens with zero attached hydrogens (tertiary/aromatic N) is 4. The Morgan fingerprint density at radius 2 is 1.84 bits per heavy atom. The van der Waals surface area contributed by atoms with E-state index in [1.54, 1.807) is 12.1 Å². The first kappa shape index (κ1) is 22.8. The minimum atomic E-state index is -0.706. The Morgan fingerprint density at radius 1 is 1.12 bits per heavy atom. The Balaban J connectivity index is 2.12. The molecular weight excluding hydrogens is 408 g/mol. The van der Waals surface area contributed by atoms with Crippen LogP contribution in [-0.4, -0.2) is 34.5 Å². The average Bonchev–Trinajstić information content (AvgIpc) is 2.78. The number of nitrogen functional groups attached to an aromatic ring is 1. The smallest absolute Gasteiger partial charge is 0.330 e. The Hall–Kier alpha value is -3.88. The van der Waals surface area contributed by atoms with Crippen LogP contribution in [0.25, 0.3) is 0 Å². The fourth-order valence-electron chi connectivity index (χ4n) is 3.33. The van der Waals surface area contributed by atoms with Crippen molar-refractivity contribution in [1.82, 2.24) is 14.5 Å². The van der Waals surface area contributed by atoms with Gasteiger partial charge in [-0.15, -0.1) is 0 Å². The highest BCUT2D eigenvalue weighted by molar-refractivity contribution is 6.07. The normalized spacial score (nSPS) is 10.7. The van der Waals surface area contributed by atoms with Gasteiger partial charge >= 0.3 is 5.69 Å². The van der Waals surface area contributed by atoms with Gasteiger partial charge in [0.15, 0.2) is 5.69 Å². The zero-order chi connectivity index (χ0) is 23.3. The van der Waals surface area contributed by atoms with Gasteiger partial charge < -0.3 is 10.6 Å². The van der Waals surface area contributed by atoms with Crippen LogP contribution in [0.15, 0.2) is 58.3 Å².